The molecule has 0 atom stereocenters. The molecule has 0 saturated carbocycles. The highest BCUT2D eigenvalue weighted by Crippen LogP contribution is 2.43. The number of rotatable bonds is 6. The molecule has 0 aromatic heterocycles. The topological polar surface area (TPSA) is 71.1 Å². The first-order valence-electron chi connectivity index (χ1n) is 10.4. The number of ether oxygens (including phenoxy) is 4. The summed E-state index contributed by atoms with van der Waals surface area (Å²) in [6.45, 7) is 3.88. The van der Waals surface area contributed by atoms with E-state index >= 15 is 0 Å². The Bertz CT molecular complexity index is 1200. The third-order valence-corrected chi connectivity index (χ3v) is 5.18. The fourth-order valence-electron chi connectivity index (χ4n) is 3.62. The van der Waals surface area contributed by atoms with Crippen LogP contribution < -0.4 is 9.47 Å². The van der Waals surface area contributed by atoms with Gasteiger partial charge in [-0.15, -0.1) is 0 Å². The van der Waals surface area contributed by atoms with E-state index in [2.05, 4.69) is 0 Å². The number of carbonyl (C=O) groups is 2. The number of carbonyl (C=O) groups excluding carboxylic acids is 2. The number of hydrogen-bond acceptors (Lipinski definition) is 6. The van der Waals surface area contributed by atoms with E-state index in [1.54, 1.807) is 6.07 Å². The normalized spacial score (nSPS) is 13.6. The summed E-state index contributed by atoms with van der Waals surface area (Å²) in [6, 6.07) is 16.2. The average Bonchev–Trinajstić information content (AvgIpc) is 3.12. The molecule has 1 heterocycles. The van der Waals surface area contributed by atoms with Gasteiger partial charge in [0.2, 0.25) is 0 Å². The highest BCUT2D eigenvalue weighted by Gasteiger charge is 2.34. The predicted molar refractivity (Wildman–Crippen MR) is 118 cm³/mol. The summed E-state index contributed by atoms with van der Waals surface area (Å²) in [6.07, 6.45) is 0.547. The molecule has 170 valence electrons. The summed E-state index contributed by atoms with van der Waals surface area (Å²) in [5.74, 6) is -1.05. The molecular weight excluding hydrogens is 427 g/mol. The maximum atomic E-state index is 14.7. The Morgan fingerprint density at radius 3 is 2.48 bits per heavy atom. The van der Waals surface area contributed by atoms with Gasteiger partial charge >= 0.3 is 11.9 Å². The van der Waals surface area contributed by atoms with Crippen molar-refractivity contribution < 1.29 is 32.9 Å². The summed E-state index contributed by atoms with van der Waals surface area (Å²) in [5.41, 5.74) is 1.14. The van der Waals surface area contributed by atoms with Crippen molar-refractivity contribution in [3.05, 3.63) is 88.7 Å². The Labute approximate surface area is 190 Å². The minimum Gasteiger partial charge on any atom is -0.487 e. The molecule has 1 aliphatic rings. The fourth-order valence-corrected chi connectivity index (χ4v) is 3.62. The molecule has 4 rings (SSSR count). The van der Waals surface area contributed by atoms with Gasteiger partial charge in [-0.1, -0.05) is 30.3 Å². The highest BCUT2D eigenvalue weighted by molar-refractivity contribution is 5.91. The summed E-state index contributed by atoms with van der Waals surface area (Å²) in [5, 5.41) is 0. The van der Waals surface area contributed by atoms with Gasteiger partial charge in [-0.25, -0.2) is 14.0 Å². The maximum Gasteiger partial charge on any atom is 0.341 e. The number of halogens is 1. The van der Waals surface area contributed by atoms with Gasteiger partial charge in [0, 0.05) is 18.1 Å². The van der Waals surface area contributed by atoms with Gasteiger partial charge in [0.15, 0.2) is 0 Å². The smallest absolute Gasteiger partial charge is 0.341 e. The van der Waals surface area contributed by atoms with E-state index in [9.17, 15) is 14.0 Å². The van der Waals surface area contributed by atoms with Gasteiger partial charge in [-0.2, -0.15) is 0 Å². The lowest BCUT2D eigenvalue weighted by atomic mass is 10.00. The van der Waals surface area contributed by atoms with E-state index in [0.717, 1.165) is 17.2 Å². The van der Waals surface area contributed by atoms with Crippen molar-refractivity contribution in [2.75, 3.05) is 7.11 Å². The molecule has 0 N–H and O–H groups in total. The van der Waals surface area contributed by atoms with E-state index in [-0.39, 0.29) is 23.5 Å². The molecule has 0 radical (unpaired) electrons. The van der Waals surface area contributed by atoms with E-state index in [4.69, 9.17) is 18.9 Å². The predicted octanol–water partition coefficient (Wildman–Crippen LogP) is 5.48. The lowest BCUT2D eigenvalue weighted by Crippen LogP contribution is -2.24. The van der Waals surface area contributed by atoms with Crippen molar-refractivity contribution in [1.82, 2.24) is 0 Å². The number of fused-ring (bicyclic) bond motifs is 1. The zero-order valence-electron chi connectivity index (χ0n) is 18.5. The third kappa shape index (κ3) is 4.98. The first-order chi connectivity index (χ1) is 15.8. The molecule has 7 heteroatoms. The van der Waals surface area contributed by atoms with Crippen LogP contribution in [0.3, 0.4) is 0 Å². The standard InChI is InChI=1S/C26H23FO6/c1-26(2)14-20-22(11-17(24(28)30-3)12-23(20)33-26)32-18-9-10-19(21(27)13-18)25(29)31-15-16-7-5-4-6-8-16/h4-13H,14-15H2,1-3H3. The first kappa shape index (κ1) is 22.3. The second-order valence-corrected chi connectivity index (χ2v) is 8.29. The Hall–Kier alpha value is -3.87. The number of benzene rings is 3. The molecule has 3 aromatic rings. The quantitative estimate of drug-likeness (QED) is 0.464. The number of hydrogen-bond donors (Lipinski definition) is 0. The van der Waals surface area contributed by atoms with E-state index < -0.39 is 23.4 Å². The molecule has 3 aromatic carbocycles. The van der Waals surface area contributed by atoms with Crippen molar-refractivity contribution >= 4 is 11.9 Å². The second-order valence-electron chi connectivity index (χ2n) is 8.29. The fraction of sp³-hybridized carbons (Fsp3) is 0.231. The lowest BCUT2D eigenvalue weighted by Gasteiger charge is -2.16. The summed E-state index contributed by atoms with van der Waals surface area (Å²) < 4.78 is 36.6. The first-order valence-corrected chi connectivity index (χ1v) is 10.4. The van der Waals surface area contributed by atoms with Crippen molar-refractivity contribution in [2.45, 2.75) is 32.5 Å². The zero-order chi connectivity index (χ0) is 23.6. The molecule has 33 heavy (non-hydrogen) atoms. The monoisotopic (exact) mass is 450 g/mol. The van der Waals surface area contributed by atoms with E-state index in [0.29, 0.717) is 17.9 Å². The summed E-state index contributed by atoms with van der Waals surface area (Å²) >= 11 is 0. The van der Waals surface area contributed by atoms with Crippen LogP contribution in [0.5, 0.6) is 17.2 Å². The van der Waals surface area contributed by atoms with Gasteiger partial charge in [0.1, 0.15) is 35.3 Å². The van der Waals surface area contributed by atoms with Gasteiger partial charge in [-0.05, 0) is 43.7 Å². The summed E-state index contributed by atoms with van der Waals surface area (Å²) in [4.78, 5) is 24.4. The molecule has 1 aliphatic heterocycles. The molecule has 0 amide bonds. The van der Waals surface area contributed by atoms with Crippen LogP contribution in [0.15, 0.2) is 60.7 Å². The minimum atomic E-state index is -0.775. The van der Waals surface area contributed by atoms with Crippen molar-refractivity contribution in [2.24, 2.45) is 0 Å². The van der Waals surface area contributed by atoms with Crippen LogP contribution in [-0.2, 0) is 22.5 Å². The molecule has 0 unspecified atom stereocenters. The van der Waals surface area contributed by atoms with Crippen LogP contribution in [0.2, 0.25) is 0 Å². The highest BCUT2D eigenvalue weighted by atomic mass is 19.1. The Morgan fingerprint density at radius 2 is 1.79 bits per heavy atom. The van der Waals surface area contributed by atoms with Crippen LogP contribution >= 0.6 is 0 Å². The van der Waals surface area contributed by atoms with E-state index in [1.165, 1.54) is 25.3 Å². The largest absolute Gasteiger partial charge is 0.487 e. The summed E-state index contributed by atoms with van der Waals surface area (Å²) in [7, 11) is 1.28. The Morgan fingerprint density at radius 1 is 1.03 bits per heavy atom. The Balaban J connectivity index is 1.55. The molecule has 0 saturated heterocycles. The zero-order valence-corrected chi connectivity index (χ0v) is 18.5. The SMILES string of the molecule is COC(=O)c1cc(Oc2ccc(C(=O)OCc3ccccc3)c(F)c2)c2c(c1)OC(C)(C)C2. The van der Waals surface area contributed by atoms with E-state index in [1.807, 2.05) is 44.2 Å². The molecule has 6 nitrogen and oxygen atoms in total. The second kappa shape index (κ2) is 8.94. The van der Waals surface area contributed by atoms with Gasteiger partial charge in [0.25, 0.3) is 0 Å². The molecular formula is C26H23FO6. The third-order valence-electron chi connectivity index (χ3n) is 5.18. The Kier molecular flexibility index (Phi) is 6.05. The van der Waals surface area contributed by atoms with Crippen LogP contribution in [-0.4, -0.2) is 24.6 Å². The van der Waals surface area contributed by atoms with Crippen LogP contribution in [0.1, 0.15) is 45.7 Å². The van der Waals surface area contributed by atoms with Crippen molar-refractivity contribution in [3.8, 4) is 17.2 Å². The van der Waals surface area contributed by atoms with Crippen LogP contribution in [0.4, 0.5) is 4.39 Å². The number of methoxy groups -OCH3 is 1. The molecule has 0 fully saturated rings. The van der Waals surface area contributed by atoms with Crippen molar-refractivity contribution in [3.63, 3.8) is 0 Å². The minimum absolute atomic E-state index is 0.0413. The molecule has 0 bridgehead atoms. The van der Waals surface area contributed by atoms with Crippen molar-refractivity contribution in [1.29, 1.82) is 0 Å². The van der Waals surface area contributed by atoms with Gasteiger partial charge in [0.05, 0.1) is 18.2 Å². The maximum absolute atomic E-state index is 14.7. The van der Waals surface area contributed by atoms with Gasteiger partial charge in [-0.3, -0.25) is 0 Å². The average molecular weight is 450 g/mol. The van der Waals surface area contributed by atoms with Crippen LogP contribution in [0.25, 0.3) is 0 Å². The molecule has 0 spiro atoms. The van der Waals surface area contributed by atoms with Crippen LogP contribution in [0, 0.1) is 5.82 Å². The molecule has 0 aliphatic carbocycles. The lowest BCUT2D eigenvalue weighted by molar-refractivity contribution is 0.0466. The van der Waals surface area contributed by atoms with Gasteiger partial charge < -0.3 is 18.9 Å². The number of esters is 2.